The Labute approximate surface area is 192 Å². The van der Waals surface area contributed by atoms with Crippen LogP contribution < -0.4 is 0 Å². The molecule has 176 valence electrons. The van der Waals surface area contributed by atoms with Crippen LogP contribution in [-0.2, 0) is 16.1 Å². The molecule has 0 saturated carbocycles. The Kier molecular flexibility index (Phi) is 9.42. The predicted octanol–water partition coefficient (Wildman–Crippen LogP) is 3.11. The van der Waals surface area contributed by atoms with Gasteiger partial charge in [-0.05, 0) is 43.0 Å². The number of rotatable bonds is 11. The number of aliphatic hydroxyl groups excluding tert-OH is 2. The number of nitrogens with zero attached hydrogens (tertiary/aromatic N) is 2. The third kappa shape index (κ3) is 6.41. The summed E-state index contributed by atoms with van der Waals surface area (Å²) in [5.74, 6) is 1.33. The van der Waals surface area contributed by atoms with Crippen LogP contribution in [0.2, 0.25) is 0 Å². The predicted molar refractivity (Wildman–Crippen MR) is 123 cm³/mol. The van der Waals surface area contributed by atoms with Crippen LogP contribution in [0, 0.1) is 10.7 Å². The number of ether oxygens (including phenoxy) is 1. The average Bonchev–Trinajstić information content (AvgIpc) is 2.83. The molecule has 8 heteroatoms. The molecule has 1 aliphatic rings. The zero-order valence-electron chi connectivity index (χ0n) is 18.4. The van der Waals surface area contributed by atoms with Crippen molar-refractivity contribution in [1.82, 2.24) is 4.90 Å². The van der Waals surface area contributed by atoms with Crippen LogP contribution in [0.1, 0.15) is 24.8 Å². The maximum absolute atomic E-state index is 14.4. The monoisotopic (exact) mass is 456 g/mol. The SMILES string of the molecule is O=C=C1C(N=O)[C@H](CO)N(CCCCCOCc2ccc(-c3ccccc3)c(F)c2)C[C@@H]1O. The number of hydrogen-bond donors (Lipinski definition) is 2. The summed E-state index contributed by atoms with van der Waals surface area (Å²) in [7, 11) is 0. The minimum atomic E-state index is -1.11. The van der Waals surface area contributed by atoms with Crippen LogP contribution in [-0.4, -0.2) is 65.5 Å². The first kappa shape index (κ1) is 24.9. The van der Waals surface area contributed by atoms with E-state index in [4.69, 9.17) is 4.74 Å². The van der Waals surface area contributed by atoms with Gasteiger partial charge in [0.05, 0.1) is 24.8 Å². The Hall–Kier alpha value is -2.74. The highest BCUT2D eigenvalue weighted by Gasteiger charge is 2.40. The van der Waals surface area contributed by atoms with Gasteiger partial charge in [0, 0.05) is 18.7 Å². The number of halogens is 1. The van der Waals surface area contributed by atoms with Crippen LogP contribution in [0.25, 0.3) is 11.1 Å². The molecular weight excluding hydrogens is 427 g/mol. The van der Waals surface area contributed by atoms with Crippen LogP contribution >= 0.6 is 0 Å². The summed E-state index contributed by atoms with van der Waals surface area (Å²) in [5, 5.41) is 22.6. The highest BCUT2D eigenvalue weighted by atomic mass is 19.1. The highest BCUT2D eigenvalue weighted by molar-refractivity contribution is 5.64. The van der Waals surface area contributed by atoms with Gasteiger partial charge in [-0.1, -0.05) is 47.6 Å². The second-order valence-corrected chi connectivity index (χ2v) is 8.16. The van der Waals surface area contributed by atoms with E-state index in [9.17, 15) is 24.3 Å². The minimum absolute atomic E-state index is 0.0954. The second kappa shape index (κ2) is 12.5. The molecule has 0 radical (unpaired) electrons. The van der Waals surface area contributed by atoms with E-state index < -0.39 is 18.2 Å². The molecule has 1 fully saturated rings. The van der Waals surface area contributed by atoms with Gasteiger partial charge in [0.2, 0.25) is 0 Å². The lowest BCUT2D eigenvalue weighted by Gasteiger charge is -2.39. The van der Waals surface area contributed by atoms with Gasteiger partial charge < -0.3 is 14.9 Å². The molecule has 1 unspecified atom stereocenters. The van der Waals surface area contributed by atoms with Gasteiger partial charge in [-0.3, -0.25) is 4.90 Å². The molecule has 33 heavy (non-hydrogen) atoms. The van der Waals surface area contributed by atoms with E-state index in [1.807, 2.05) is 36.4 Å². The first-order chi connectivity index (χ1) is 16.1. The van der Waals surface area contributed by atoms with E-state index in [-0.39, 0.29) is 24.5 Å². The average molecular weight is 457 g/mol. The summed E-state index contributed by atoms with van der Waals surface area (Å²) < 4.78 is 20.1. The lowest BCUT2D eigenvalue weighted by Crippen LogP contribution is -2.56. The molecule has 0 amide bonds. The maximum atomic E-state index is 14.4. The Morgan fingerprint density at radius 3 is 2.61 bits per heavy atom. The first-order valence-electron chi connectivity index (χ1n) is 11.1. The molecule has 0 spiro atoms. The molecule has 2 aromatic rings. The van der Waals surface area contributed by atoms with Crippen LogP contribution in [0.4, 0.5) is 4.39 Å². The van der Waals surface area contributed by atoms with Crippen LogP contribution in [0.15, 0.2) is 59.3 Å². The molecule has 2 N–H and O–H groups in total. The Morgan fingerprint density at radius 1 is 1.15 bits per heavy atom. The molecule has 1 aliphatic heterocycles. The molecule has 1 saturated heterocycles. The smallest absolute Gasteiger partial charge is 0.144 e. The van der Waals surface area contributed by atoms with Crippen molar-refractivity contribution in [3.8, 4) is 11.1 Å². The Bertz CT molecular complexity index is 965. The largest absolute Gasteiger partial charge is 0.395 e. The molecular formula is C25H29FN2O5. The fourth-order valence-corrected chi connectivity index (χ4v) is 4.17. The number of unbranched alkanes of at least 4 members (excludes halogenated alkanes) is 2. The van der Waals surface area contributed by atoms with E-state index in [2.05, 4.69) is 5.18 Å². The van der Waals surface area contributed by atoms with E-state index in [0.29, 0.717) is 25.3 Å². The van der Waals surface area contributed by atoms with Gasteiger partial charge in [-0.25, -0.2) is 9.18 Å². The molecule has 1 heterocycles. The first-order valence-corrected chi connectivity index (χ1v) is 11.1. The number of β-amino-alcohol motifs (C(OH)–C–C–N with tert-alkyl or cyclic N) is 1. The van der Waals surface area contributed by atoms with Crippen molar-refractivity contribution in [3.63, 3.8) is 0 Å². The number of benzene rings is 2. The molecule has 0 aromatic heterocycles. The molecule has 0 aliphatic carbocycles. The topological polar surface area (TPSA) is 99.4 Å². The van der Waals surface area contributed by atoms with Crippen molar-refractivity contribution < 1.29 is 24.1 Å². The van der Waals surface area contributed by atoms with E-state index in [1.54, 1.807) is 16.9 Å². The fraction of sp³-hybridized carbons (Fsp3) is 0.440. The summed E-state index contributed by atoms with van der Waals surface area (Å²) in [6.07, 6.45) is 1.28. The summed E-state index contributed by atoms with van der Waals surface area (Å²) >= 11 is 0. The third-order valence-corrected chi connectivity index (χ3v) is 5.96. The standard InChI is InChI=1S/C25H29FN2O5/c26-22-13-18(9-10-20(22)19-7-3-1-4-8-19)17-33-12-6-2-5-11-28-14-24(31)21(15-29)25(27-32)23(28)16-30/h1,3-4,7-10,13,23-25,30-31H,2,5-6,11-12,14,16-17H2/t23-,24-,25?/m0/s1. The number of aliphatic hydroxyl groups is 2. The lowest BCUT2D eigenvalue weighted by atomic mass is 9.90. The van der Waals surface area contributed by atoms with E-state index >= 15 is 0 Å². The zero-order valence-corrected chi connectivity index (χ0v) is 18.4. The summed E-state index contributed by atoms with van der Waals surface area (Å²) in [4.78, 5) is 23.9. The van der Waals surface area contributed by atoms with Crippen molar-refractivity contribution in [2.24, 2.45) is 5.18 Å². The third-order valence-electron chi connectivity index (χ3n) is 5.96. The number of carbonyl (C=O) groups excluding carboxylic acids is 1. The maximum Gasteiger partial charge on any atom is 0.144 e. The van der Waals surface area contributed by atoms with Gasteiger partial charge in [0.25, 0.3) is 0 Å². The van der Waals surface area contributed by atoms with Crippen molar-refractivity contribution in [2.45, 2.75) is 44.1 Å². The van der Waals surface area contributed by atoms with Gasteiger partial charge in [-0.15, -0.1) is 0 Å². The van der Waals surface area contributed by atoms with Crippen LogP contribution in [0.5, 0.6) is 0 Å². The quantitative estimate of drug-likeness (QED) is 0.306. The van der Waals surface area contributed by atoms with Gasteiger partial charge in [0.1, 0.15) is 23.9 Å². The highest BCUT2D eigenvalue weighted by Crippen LogP contribution is 2.25. The second-order valence-electron chi connectivity index (χ2n) is 8.16. The van der Waals surface area contributed by atoms with Gasteiger partial charge in [0.15, 0.2) is 0 Å². The molecule has 2 aromatic carbocycles. The molecule has 3 rings (SSSR count). The number of nitroso groups, excluding NO2 is 1. The summed E-state index contributed by atoms with van der Waals surface area (Å²) in [6, 6.07) is 12.8. The van der Waals surface area contributed by atoms with Gasteiger partial charge in [-0.2, -0.15) is 4.91 Å². The van der Waals surface area contributed by atoms with Crippen molar-refractivity contribution >= 4 is 5.94 Å². The number of hydrogen-bond acceptors (Lipinski definition) is 7. The lowest BCUT2D eigenvalue weighted by molar-refractivity contribution is 0.0354. The van der Waals surface area contributed by atoms with E-state index in [1.165, 1.54) is 6.07 Å². The number of likely N-dealkylation sites (tertiary alicyclic amines) is 1. The summed E-state index contributed by atoms with van der Waals surface area (Å²) in [5.41, 5.74) is 2.07. The van der Waals surface area contributed by atoms with E-state index in [0.717, 1.165) is 30.4 Å². The zero-order chi connectivity index (χ0) is 23.6. The fourth-order valence-electron chi connectivity index (χ4n) is 4.17. The van der Waals surface area contributed by atoms with Gasteiger partial charge >= 0.3 is 0 Å². The minimum Gasteiger partial charge on any atom is -0.395 e. The molecule has 3 atom stereocenters. The Morgan fingerprint density at radius 2 is 1.94 bits per heavy atom. The van der Waals surface area contributed by atoms with Crippen LogP contribution in [0.3, 0.4) is 0 Å². The van der Waals surface area contributed by atoms with Crippen molar-refractivity contribution in [3.05, 3.63) is 70.4 Å². The molecule has 0 bridgehead atoms. The number of piperidine rings is 1. The normalized spacial score (nSPS) is 21.1. The van der Waals surface area contributed by atoms with Crippen molar-refractivity contribution in [2.75, 3.05) is 26.3 Å². The van der Waals surface area contributed by atoms with Crippen molar-refractivity contribution in [1.29, 1.82) is 0 Å². The Balaban J connectivity index is 1.38. The summed E-state index contributed by atoms with van der Waals surface area (Å²) in [6.45, 7) is 1.21. The molecule has 7 nitrogen and oxygen atoms in total.